The van der Waals surface area contributed by atoms with Gasteiger partial charge in [-0.2, -0.15) is 0 Å². The largest absolute Gasteiger partial charge is 0.352 e. The van der Waals surface area contributed by atoms with E-state index in [2.05, 4.69) is 24.5 Å². The van der Waals surface area contributed by atoms with Gasteiger partial charge in [-0.3, -0.25) is 4.79 Å². The fraction of sp³-hybridized carbons (Fsp3) is 0.917. The standard InChI is InChI=1S/C12H24N2O.ClH/c1-3-7-10(4-2)14-12(15)11-8-5-6-9-13-11;/h10-11,13H,3-9H2,1-2H3,(H,14,15);1H. The highest BCUT2D eigenvalue weighted by molar-refractivity contribution is 5.85. The topological polar surface area (TPSA) is 41.1 Å². The van der Waals surface area contributed by atoms with E-state index in [1.54, 1.807) is 0 Å². The molecule has 1 saturated heterocycles. The van der Waals surface area contributed by atoms with E-state index in [9.17, 15) is 4.79 Å². The van der Waals surface area contributed by atoms with Crippen molar-refractivity contribution in [1.82, 2.24) is 10.6 Å². The zero-order chi connectivity index (χ0) is 11.1. The molecule has 0 bridgehead atoms. The van der Waals surface area contributed by atoms with Crippen LogP contribution in [-0.4, -0.2) is 24.5 Å². The average molecular weight is 249 g/mol. The molecule has 16 heavy (non-hydrogen) atoms. The molecule has 0 aliphatic carbocycles. The van der Waals surface area contributed by atoms with Crippen molar-refractivity contribution in [3.05, 3.63) is 0 Å². The van der Waals surface area contributed by atoms with Crippen LogP contribution in [0.4, 0.5) is 0 Å². The number of carbonyl (C=O) groups excluding carboxylic acids is 1. The summed E-state index contributed by atoms with van der Waals surface area (Å²) in [5.41, 5.74) is 0. The maximum absolute atomic E-state index is 11.9. The summed E-state index contributed by atoms with van der Waals surface area (Å²) in [6, 6.07) is 0.427. The number of hydrogen-bond acceptors (Lipinski definition) is 2. The highest BCUT2D eigenvalue weighted by atomic mass is 35.5. The van der Waals surface area contributed by atoms with Crippen molar-refractivity contribution >= 4 is 18.3 Å². The summed E-state index contributed by atoms with van der Waals surface area (Å²) in [5.74, 6) is 0.204. The summed E-state index contributed by atoms with van der Waals surface area (Å²) in [6.45, 7) is 5.28. The summed E-state index contributed by atoms with van der Waals surface area (Å²) in [6.07, 6.45) is 6.64. The Hall–Kier alpha value is -0.280. The van der Waals surface area contributed by atoms with Crippen LogP contribution in [0, 0.1) is 0 Å². The van der Waals surface area contributed by atoms with E-state index < -0.39 is 0 Å². The summed E-state index contributed by atoms with van der Waals surface area (Å²) >= 11 is 0. The van der Waals surface area contributed by atoms with E-state index in [0.717, 1.165) is 32.2 Å². The lowest BCUT2D eigenvalue weighted by molar-refractivity contribution is -0.124. The van der Waals surface area contributed by atoms with Crippen molar-refractivity contribution < 1.29 is 4.79 Å². The van der Waals surface area contributed by atoms with Crippen LogP contribution < -0.4 is 10.6 Å². The van der Waals surface area contributed by atoms with Gasteiger partial charge in [0.2, 0.25) is 5.91 Å². The van der Waals surface area contributed by atoms with Gasteiger partial charge < -0.3 is 10.6 Å². The van der Waals surface area contributed by atoms with Gasteiger partial charge >= 0.3 is 0 Å². The Morgan fingerprint density at radius 2 is 2.19 bits per heavy atom. The minimum absolute atomic E-state index is 0. The fourth-order valence-electron chi connectivity index (χ4n) is 2.10. The lowest BCUT2D eigenvalue weighted by Crippen LogP contribution is -2.49. The van der Waals surface area contributed by atoms with E-state index in [4.69, 9.17) is 0 Å². The van der Waals surface area contributed by atoms with E-state index in [-0.39, 0.29) is 24.4 Å². The second kappa shape index (κ2) is 8.82. The third-order valence-electron chi connectivity index (χ3n) is 3.10. The molecule has 0 spiro atoms. The molecule has 1 heterocycles. The predicted octanol–water partition coefficient (Wildman–Crippen LogP) is 2.25. The predicted molar refractivity (Wildman–Crippen MR) is 70.0 cm³/mol. The highest BCUT2D eigenvalue weighted by Crippen LogP contribution is 2.08. The van der Waals surface area contributed by atoms with E-state index in [1.165, 1.54) is 12.8 Å². The Morgan fingerprint density at radius 3 is 2.69 bits per heavy atom. The monoisotopic (exact) mass is 248 g/mol. The molecule has 2 unspecified atom stereocenters. The maximum atomic E-state index is 11.9. The zero-order valence-electron chi connectivity index (χ0n) is 10.4. The van der Waals surface area contributed by atoms with Gasteiger partial charge in [-0.1, -0.05) is 26.7 Å². The Bertz CT molecular complexity index is 193. The van der Waals surface area contributed by atoms with Crippen molar-refractivity contribution in [2.45, 2.75) is 64.5 Å². The fourth-order valence-corrected chi connectivity index (χ4v) is 2.10. The highest BCUT2D eigenvalue weighted by Gasteiger charge is 2.21. The molecule has 0 radical (unpaired) electrons. The van der Waals surface area contributed by atoms with Crippen molar-refractivity contribution in [3.63, 3.8) is 0 Å². The molecule has 1 aliphatic heterocycles. The van der Waals surface area contributed by atoms with Crippen molar-refractivity contribution in [2.75, 3.05) is 6.54 Å². The Labute approximate surface area is 105 Å². The van der Waals surface area contributed by atoms with Gasteiger partial charge in [0, 0.05) is 6.04 Å². The third kappa shape index (κ3) is 5.17. The molecule has 2 N–H and O–H groups in total. The normalized spacial score (nSPS) is 22.0. The van der Waals surface area contributed by atoms with Crippen LogP contribution in [0.25, 0.3) is 0 Å². The number of piperidine rings is 1. The van der Waals surface area contributed by atoms with Gasteiger partial charge in [0.1, 0.15) is 0 Å². The van der Waals surface area contributed by atoms with Crippen LogP contribution in [0.3, 0.4) is 0 Å². The van der Waals surface area contributed by atoms with Gasteiger partial charge in [-0.15, -0.1) is 12.4 Å². The van der Waals surface area contributed by atoms with E-state index >= 15 is 0 Å². The first-order valence-corrected chi connectivity index (χ1v) is 6.31. The molecular weight excluding hydrogens is 224 g/mol. The number of hydrogen-bond donors (Lipinski definition) is 2. The number of halogens is 1. The maximum Gasteiger partial charge on any atom is 0.237 e. The van der Waals surface area contributed by atoms with Crippen LogP contribution in [0.1, 0.15) is 52.4 Å². The lowest BCUT2D eigenvalue weighted by atomic mass is 10.0. The first-order valence-electron chi connectivity index (χ1n) is 6.31. The Balaban J connectivity index is 0.00000225. The molecule has 0 aromatic carbocycles. The van der Waals surface area contributed by atoms with Gasteiger partial charge in [0.05, 0.1) is 6.04 Å². The molecule has 1 aliphatic rings. The molecule has 1 amide bonds. The molecule has 3 nitrogen and oxygen atoms in total. The van der Waals surface area contributed by atoms with Gasteiger partial charge in [0.15, 0.2) is 0 Å². The zero-order valence-corrected chi connectivity index (χ0v) is 11.2. The number of carbonyl (C=O) groups is 1. The van der Waals surface area contributed by atoms with Crippen LogP contribution in [0.2, 0.25) is 0 Å². The van der Waals surface area contributed by atoms with Crippen molar-refractivity contribution in [3.8, 4) is 0 Å². The Kier molecular flexibility index (Phi) is 8.67. The summed E-state index contributed by atoms with van der Waals surface area (Å²) in [5, 5.41) is 6.41. The summed E-state index contributed by atoms with van der Waals surface area (Å²) in [4.78, 5) is 11.9. The number of nitrogens with one attached hydrogen (secondary N) is 2. The minimum atomic E-state index is 0. The smallest absolute Gasteiger partial charge is 0.237 e. The molecule has 0 aromatic rings. The molecule has 0 saturated carbocycles. The average Bonchev–Trinajstić information content (AvgIpc) is 2.29. The first-order chi connectivity index (χ1) is 7.27. The van der Waals surface area contributed by atoms with Crippen LogP contribution >= 0.6 is 12.4 Å². The van der Waals surface area contributed by atoms with E-state index in [1.807, 2.05) is 0 Å². The molecule has 96 valence electrons. The molecule has 0 aromatic heterocycles. The second-order valence-corrected chi connectivity index (χ2v) is 4.40. The van der Waals surface area contributed by atoms with E-state index in [0.29, 0.717) is 6.04 Å². The minimum Gasteiger partial charge on any atom is -0.352 e. The van der Waals surface area contributed by atoms with Gasteiger partial charge in [0.25, 0.3) is 0 Å². The van der Waals surface area contributed by atoms with Crippen LogP contribution in [-0.2, 0) is 4.79 Å². The Morgan fingerprint density at radius 1 is 1.44 bits per heavy atom. The molecule has 2 atom stereocenters. The third-order valence-corrected chi connectivity index (χ3v) is 3.10. The van der Waals surface area contributed by atoms with Crippen molar-refractivity contribution in [2.24, 2.45) is 0 Å². The van der Waals surface area contributed by atoms with Gasteiger partial charge in [-0.25, -0.2) is 0 Å². The SMILES string of the molecule is CCCC(CC)NC(=O)C1CCCCN1.Cl. The molecule has 4 heteroatoms. The summed E-state index contributed by atoms with van der Waals surface area (Å²) < 4.78 is 0. The van der Waals surface area contributed by atoms with Crippen LogP contribution in [0.15, 0.2) is 0 Å². The summed E-state index contributed by atoms with van der Waals surface area (Å²) in [7, 11) is 0. The van der Waals surface area contributed by atoms with Gasteiger partial charge in [-0.05, 0) is 32.2 Å². The number of amides is 1. The van der Waals surface area contributed by atoms with Crippen molar-refractivity contribution in [1.29, 1.82) is 0 Å². The molecule has 1 rings (SSSR count). The quantitative estimate of drug-likeness (QED) is 0.784. The lowest BCUT2D eigenvalue weighted by Gasteiger charge is -2.25. The second-order valence-electron chi connectivity index (χ2n) is 4.40. The first kappa shape index (κ1) is 15.7. The number of rotatable bonds is 5. The molecule has 1 fully saturated rings. The van der Waals surface area contributed by atoms with Crippen LogP contribution in [0.5, 0.6) is 0 Å². The molecular formula is C12H25ClN2O.